The molecule has 0 radical (unpaired) electrons. The van der Waals surface area contributed by atoms with Gasteiger partial charge in [-0.05, 0) is 13.8 Å². The highest BCUT2D eigenvalue weighted by molar-refractivity contribution is 5.60. The zero-order chi connectivity index (χ0) is 11.6. The number of hydrogen-bond acceptors (Lipinski definition) is 4. The summed E-state index contributed by atoms with van der Waals surface area (Å²) in [6.45, 7) is 4.34. The second-order valence-electron chi connectivity index (χ2n) is 3.09. The van der Waals surface area contributed by atoms with Crippen molar-refractivity contribution >= 4 is 11.5 Å². The molecule has 15 heavy (non-hydrogen) atoms. The van der Waals surface area contributed by atoms with Gasteiger partial charge in [0.2, 0.25) is 0 Å². The molecule has 0 spiro atoms. The van der Waals surface area contributed by atoms with E-state index in [0.717, 1.165) is 4.57 Å². The number of hydrogen-bond donors (Lipinski definition) is 2. The second kappa shape index (κ2) is 4.20. The minimum absolute atomic E-state index is 0.194. The van der Waals surface area contributed by atoms with Gasteiger partial charge in [-0.25, -0.2) is 4.79 Å². The number of rotatable bonds is 3. The zero-order valence-electron chi connectivity index (χ0n) is 9.20. The van der Waals surface area contributed by atoms with Gasteiger partial charge in [0.05, 0.1) is 0 Å². The van der Waals surface area contributed by atoms with Crippen molar-refractivity contribution in [2.24, 2.45) is 0 Å². The maximum atomic E-state index is 11.8. The summed E-state index contributed by atoms with van der Waals surface area (Å²) in [4.78, 5) is 23.5. The van der Waals surface area contributed by atoms with Crippen molar-refractivity contribution in [1.29, 1.82) is 0 Å². The predicted octanol–water partition coefficient (Wildman–Crippen LogP) is -0.326. The van der Waals surface area contributed by atoms with Crippen LogP contribution in [-0.4, -0.2) is 16.2 Å². The van der Waals surface area contributed by atoms with Crippen LogP contribution in [0.2, 0.25) is 0 Å². The molecular weight excluding hydrogens is 196 g/mol. The summed E-state index contributed by atoms with van der Waals surface area (Å²) in [6.07, 6.45) is 0. The summed E-state index contributed by atoms with van der Waals surface area (Å²) in [5.41, 5.74) is 5.26. The maximum absolute atomic E-state index is 11.8. The SMILES string of the molecule is CCn1c(N)c(NC)c(=O)n(CC)c1=O. The van der Waals surface area contributed by atoms with Gasteiger partial charge in [-0.15, -0.1) is 0 Å². The molecule has 0 atom stereocenters. The fraction of sp³-hybridized carbons (Fsp3) is 0.556. The molecule has 6 heteroatoms. The van der Waals surface area contributed by atoms with Crippen LogP contribution in [-0.2, 0) is 13.1 Å². The average Bonchev–Trinajstić information content (AvgIpc) is 2.19. The topological polar surface area (TPSA) is 82.0 Å². The molecule has 0 saturated heterocycles. The summed E-state index contributed by atoms with van der Waals surface area (Å²) >= 11 is 0. The third kappa shape index (κ3) is 1.62. The van der Waals surface area contributed by atoms with E-state index < -0.39 is 0 Å². The molecule has 84 valence electrons. The lowest BCUT2D eigenvalue weighted by molar-refractivity contribution is 0.596. The average molecular weight is 212 g/mol. The molecule has 0 fully saturated rings. The van der Waals surface area contributed by atoms with E-state index in [4.69, 9.17) is 5.73 Å². The van der Waals surface area contributed by atoms with E-state index >= 15 is 0 Å². The highest BCUT2D eigenvalue weighted by atomic mass is 16.2. The fourth-order valence-electron chi connectivity index (χ4n) is 1.53. The van der Waals surface area contributed by atoms with Crippen molar-refractivity contribution in [1.82, 2.24) is 9.13 Å². The molecule has 0 aliphatic heterocycles. The number of anilines is 2. The Morgan fingerprint density at radius 1 is 1.20 bits per heavy atom. The molecular formula is C9H16N4O2. The van der Waals surface area contributed by atoms with Gasteiger partial charge in [-0.1, -0.05) is 0 Å². The molecule has 0 aliphatic rings. The van der Waals surface area contributed by atoms with E-state index in [1.165, 1.54) is 4.57 Å². The lowest BCUT2D eigenvalue weighted by atomic mass is 10.4. The van der Waals surface area contributed by atoms with Crippen molar-refractivity contribution < 1.29 is 0 Å². The lowest BCUT2D eigenvalue weighted by Crippen LogP contribution is -2.41. The van der Waals surface area contributed by atoms with Crippen LogP contribution in [0.5, 0.6) is 0 Å². The third-order valence-corrected chi connectivity index (χ3v) is 2.35. The van der Waals surface area contributed by atoms with Crippen molar-refractivity contribution in [3.05, 3.63) is 20.8 Å². The summed E-state index contributed by atoms with van der Waals surface area (Å²) in [7, 11) is 1.61. The first-order chi connectivity index (χ1) is 7.08. The Kier molecular flexibility index (Phi) is 3.18. The molecule has 0 unspecified atom stereocenters. The van der Waals surface area contributed by atoms with Crippen molar-refractivity contribution in [3.8, 4) is 0 Å². The molecule has 1 heterocycles. The summed E-state index contributed by atoms with van der Waals surface area (Å²) in [5, 5.41) is 2.72. The molecule has 1 rings (SSSR count). The Balaban J connectivity index is 3.73. The lowest BCUT2D eigenvalue weighted by Gasteiger charge is -2.13. The van der Waals surface area contributed by atoms with Crippen LogP contribution in [0.1, 0.15) is 13.8 Å². The van der Waals surface area contributed by atoms with Crippen LogP contribution < -0.4 is 22.3 Å². The quantitative estimate of drug-likeness (QED) is 0.719. The number of nitrogens with zero attached hydrogens (tertiary/aromatic N) is 2. The zero-order valence-corrected chi connectivity index (χ0v) is 9.20. The van der Waals surface area contributed by atoms with E-state index in [1.54, 1.807) is 14.0 Å². The van der Waals surface area contributed by atoms with Crippen LogP contribution in [0, 0.1) is 0 Å². The van der Waals surface area contributed by atoms with Crippen molar-refractivity contribution in [2.75, 3.05) is 18.1 Å². The Hall–Kier alpha value is -1.72. The first-order valence-electron chi connectivity index (χ1n) is 4.89. The summed E-state index contributed by atoms with van der Waals surface area (Å²) in [6, 6.07) is 0. The Morgan fingerprint density at radius 3 is 2.13 bits per heavy atom. The monoisotopic (exact) mass is 212 g/mol. The highest BCUT2D eigenvalue weighted by Crippen LogP contribution is 2.08. The normalized spacial score (nSPS) is 10.3. The Bertz CT molecular complexity index is 433. The van der Waals surface area contributed by atoms with Crippen LogP contribution in [0.25, 0.3) is 0 Å². The van der Waals surface area contributed by atoms with Crippen LogP contribution in [0.15, 0.2) is 9.59 Å². The largest absolute Gasteiger partial charge is 0.383 e. The van der Waals surface area contributed by atoms with Crippen LogP contribution in [0.4, 0.5) is 11.5 Å². The fourth-order valence-corrected chi connectivity index (χ4v) is 1.53. The number of nitrogen functional groups attached to an aromatic ring is 1. The van der Waals surface area contributed by atoms with E-state index in [1.807, 2.05) is 6.92 Å². The van der Waals surface area contributed by atoms with Gasteiger partial charge in [0.1, 0.15) is 11.5 Å². The first kappa shape index (κ1) is 11.4. The summed E-state index contributed by atoms with van der Waals surface area (Å²) in [5.74, 6) is 0.194. The van der Waals surface area contributed by atoms with E-state index in [9.17, 15) is 9.59 Å². The van der Waals surface area contributed by atoms with E-state index in [2.05, 4.69) is 5.32 Å². The van der Waals surface area contributed by atoms with Crippen LogP contribution in [0.3, 0.4) is 0 Å². The molecule has 0 bridgehead atoms. The van der Waals surface area contributed by atoms with E-state index in [-0.39, 0.29) is 22.8 Å². The Morgan fingerprint density at radius 2 is 1.73 bits per heavy atom. The molecule has 0 saturated carbocycles. The van der Waals surface area contributed by atoms with Gasteiger partial charge in [-0.3, -0.25) is 13.9 Å². The molecule has 0 aromatic carbocycles. The van der Waals surface area contributed by atoms with Crippen LogP contribution >= 0.6 is 0 Å². The van der Waals surface area contributed by atoms with Crippen molar-refractivity contribution in [3.63, 3.8) is 0 Å². The molecule has 6 nitrogen and oxygen atoms in total. The third-order valence-electron chi connectivity index (χ3n) is 2.35. The first-order valence-corrected chi connectivity index (χ1v) is 4.89. The molecule has 0 aliphatic carbocycles. The van der Waals surface area contributed by atoms with Gasteiger partial charge in [0, 0.05) is 20.1 Å². The van der Waals surface area contributed by atoms with Crippen molar-refractivity contribution in [2.45, 2.75) is 26.9 Å². The number of aromatic nitrogens is 2. The second-order valence-corrected chi connectivity index (χ2v) is 3.09. The van der Waals surface area contributed by atoms with Gasteiger partial charge in [0.25, 0.3) is 5.56 Å². The molecule has 0 amide bonds. The van der Waals surface area contributed by atoms with E-state index in [0.29, 0.717) is 13.1 Å². The molecule has 1 aromatic rings. The predicted molar refractivity (Wildman–Crippen MR) is 60.3 cm³/mol. The van der Waals surface area contributed by atoms with Gasteiger partial charge >= 0.3 is 5.69 Å². The van der Waals surface area contributed by atoms with Gasteiger partial charge in [0.15, 0.2) is 0 Å². The highest BCUT2D eigenvalue weighted by Gasteiger charge is 2.13. The number of nitrogens with two attached hydrogens (primary N) is 1. The standard InChI is InChI=1S/C9H16N4O2/c1-4-12-7(10)6(11-3)8(14)13(5-2)9(12)15/h11H,4-5,10H2,1-3H3. The minimum atomic E-state index is -0.368. The maximum Gasteiger partial charge on any atom is 0.332 e. The summed E-state index contributed by atoms with van der Waals surface area (Å²) < 4.78 is 2.53. The molecule has 1 aromatic heterocycles. The Labute approximate surface area is 87.3 Å². The molecule has 3 N–H and O–H groups in total. The van der Waals surface area contributed by atoms with Gasteiger partial charge < -0.3 is 11.1 Å². The smallest absolute Gasteiger partial charge is 0.332 e. The number of nitrogens with one attached hydrogen (secondary N) is 1. The minimum Gasteiger partial charge on any atom is -0.383 e. The van der Waals surface area contributed by atoms with Gasteiger partial charge in [-0.2, -0.15) is 0 Å².